The fourth-order valence-corrected chi connectivity index (χ4v) is 4.17. The Kier molecular flexibility index (Phi) is 4.85. The van der Waals surface area contributed by atoms with Gasteiger partial charge >= 0.3 is 0 Å². The molecule has 108 valence electrons. The molecule has 1 heterocycles. The first kappa shape index (κ1) is 15.5. The summed E-state index contributed by atoms with van der Waals surface area (Å²) in [6.45, 7) is 2.43. The van der Waals surface area contributed by atoms with E-state index in [-0.39, 0.29) is 0 Å². The van der Waals surface area contributed by atoms with Crippen molar-refractivity contribution in [2.45, 2.75) is 18.4 Å². The molecule has 1 aromatic heterocycles. The number of anilines is 1. The fourth-order valence-electron chi connectivity index (χ4n) is 1.74. The van der Waals surface area contributed by atoms with Crippen molar-refractivity contribution in [1.82, 2.24) is 4.72 Å². The van der Waals surface area contributed by atoms with Crippen LogP contribution in [0.1, 0.15) is 10.4 Å². The van der Waals surface area contributed by atoms with Crippen LogP contribution in [0.4, 0.5) is 5.69 Å². The van der Waals surface area contributed by atoms with Crippen molar-refractivity contribution >= 4 is 43.0 Å². The van der Waals surface area contributed by atoms with Gasteiger partial charge < -0.3 is 5.32 Å². The molecule has 0 aliphatic carbocycles. The Bertz CT molecular complexity index is 711. The van der Waals surface area contributed by atoms with Crippen LogP contribution in [0.3, 0.4) is 0 Å². The third-order valence-electron chi connectivity index (χ3n) is 2.89. The molecule has 0 radical (unpaired) electrons. The third-order valence-corrected chi connectivity index (χ3v) is 6.37. The van der Waals surface area contributed by atoms with E-state index >= 15 is 0 Å². The molecule has 0 atom stereocenters. The average molecular weight is 375 g/mol. The van der Waals surface area contributed by atoms with Crippen molar-refractivity contribution in [3.05, 3.63) is 44.6 Å². The van der Waals surface area contributed by atoms with Crippen molar-refractivity contribution < 1.29 is 8.42 Å². The number of rotatable bonds is 5. The molecule has 0 amide bonds. The summed E-state index contributed by atoms with van der Waals surface area (Å²) in [6.07, 6.45) is 0. The normalized spacial score (nSPS) is 11.6. The molecule has 0 spiro atoms. The maximum atomic E-state index is 11.9. The molecule has 2 N–H and O–H groups in total. The second-order valence-electron chi connectivity index (χ2n) is 4.23. The van der Waals surface area contributed by atoms with E-state index in [9.17, 15) is 8.42 Å². The molecule has 7 heteroatoms. The predicted octanol–water partition coefficient (Wildman–Crippen LogP) is 3.34. The minimum atomic E-state index is -3.43. The number of hydrogen-bond acceptors (Lipinski definition) is 4. The predicted molar refractivity (Wildman–Crippen MR) is 86.8 cm³/mol. The Balaban J connectivity index is 2.22. The Hall–Kier alpha value is -0.890. The van der Waals surface area contributed by atoms with Gasteiger partial charge in [-0.15, -0.1) is 11.3 Å². The number of thiophene rings is 1. The van der Waals surface area contributed by atoms with Crippen molar-refractivity contribution in [1.29, 1.82) is 0 Å². The quantitative estimate of drug-likeness (QED) is 0.843. The largest absolute Gasteiger partial charge is 0.380 e. The molecule has 1 aromatic carbocycles. The van der Waals surface area contributed by atoms with Crippen LogP contribution >= 0.6 is 27.3 Å². The van der Waals surface area contributed by atoms with Gasteiger partial charge in [0, 0.05) is 15.0 Å². The molecule has 2 aromatic rings. The van der Waals surface area contributed by atoms with Gasteiger partial charge in [0.2, 0.25) is 10.0 Å². The van der Waals surface area contributed by atoms with Crippen LogP contribution < -0.4 is 10.0 Å². The minimum Gasteiger partial charge on any atom is -0.380 e. The fraction of sp³-hybridized carbons (Fsp3) is 0.231. The van der Waals surface area contributed by atoms with E-state index in [4.69, 9.17) is 0 Å². The van der Waals surface area contributed by atoms with Gasteiger partial charge in [-0.3, -0.25) is 0 Å². The number of benzene rings is 1. The summed E-state index contributed by atoms with van der Waals surface area (Å²) in [4.78, 5) is 1.47. The van der Waals surface area contributed by atoms with Gasteiger partial charge in [-0.05, 0) is 59.0 Å². The Labute approximate surface area is 131 Å². The third kappa shape index (κ3) is 3.41. The van der Waals surface area contributed by atoms with Gasteiger partial charge in [0.25, 0.3) is 0 Å². The summed E-state index contributed by atoms with van der Waals surface area (Å²) in [7, 11) is -2.01. The van der Waals surface area contributed by atoms with Crippen LogP contribution in [0.5, 0.6) is 0 Å². The van der Waals surface area contributed by atoms with Crippen LogP contribution in [-0.2, 0) is 16.6 Å². The molecule has 0 saturated heterocycles. The Morgan fingerprint density at radius 3 is 2.65 bits per heavy atom. The maximum Gasteiger partial charge on any atom is 0.240 e. The second-order valence-corrected chi connectivity index (χ2v) is 7.94. The van der Waals surface area contributed by atoms with E-state index in [0.29, 0.717) is 11.4 Å². The zero-order valence-electron chi connectivity index (χ0n) is 11.1. The molecule has 4 nitrogen and oxygen atoms in total. The smallest absolute Gasteiger partial charge is 0.240 e. The van der Waals surface area contributed by atoms with Crippen LogP contribution in [0.25, 0.3) is 0 Å². The molecule has 0 bridgehead atoms. The molecule has 2 rings (SSSR count). The maximum absolute atomic E-state index is 11.9. The summed E-state index contributed by atoms with van der Waals surface area (Å²) >= 11 is 5.12. The number of nitrogens with one attached hydrogen (secondary N) is 2. The van der Waals surface area contributed by atoms with Crippen LogP contribution in [-0.4, -0.2) is 15.5 Å². The summed E-state index contributed by atoms with van der Waals surface area (Å²) in [5, 5.41) is 5.25. The van der Waals surface area contributed by atoms with Crippen molar-refractivity contribution in [2.24, 2.45) is 0 Å². The van der Waals surface area contributed by atoms with Crippen LogP contribution in [0.2, 0.25) is 0 Å². The topological polar surface area (TPSA) is 58.2 Å². The first-order valence-electron chi connectivity index (χ1n) is 5.94. The van der Waals surface area contributed by atoms with Gasteiger partial charge in [0.15, 0.2) is 0 Å². The van der Waals surface area contributed by atoms with Crippen LogP contribution in [0, 0.1) is 6.92 Å². The zero-order valence-corrected chi connectivity index (χ0v) is 14.3. The van der Waals surface area contributed by atoms with E-state index in [1.165, 1.54) is 11.9 Å². The highest BCUT2D eigenvalue weighted by molar-refractivity contribution is 9.10. The lowest BCUT2D eigenvalue weighted by Gasteiger charge is -2.10. The summed E-state index contributed by atoms with van der Waals surface area (Å²) in [5.74, 6) is 0. The molecular formula is C13H15BrN2O2S2. The van der Waals surface area contributed by atoms with E-state index in [1.807, 2.05) is 17.5 Å². The number of halogens is 1. The van der Waals surface area contributed by atoms with Gasteiger partial charge in [0.05, 0.1) is 11.4 Å². The second kappa shape index (κ2) is 6.26. The van der Waals surface area contributed by atoms with E-state index in [0.717, 1.165) is 15.7 Å². The minimum absolute atomic E-state index is 0.301. The molecule has 0 unspecified atom stereocenters. The van der Waals surface area contributed by atoms with E-state index in [2.05, 4.69) is 26.0 Å². The highest BCUT2D eigenvalue weighted by Crippen LogP contribution is 2.25. The highest BCUT2D eigenvalue weighted by Gasteiger charge is 2.15. The number of hydrogen-bond donors (Lipinski definition) is 2. The molecule has 0 saturated carbocycles. The van der Waals surface area contributed by atoms with Gasteiger partial charge in [-0.1, -0.05) is 6.07 Å². The average Bonchev–Trinajstić information content (AvgIpc) is 2.83. The lowest BCUT2D eigenvalue weighted by atomic mass is 10.2. The van der Waals surface area contributed by atoms with Crippen molar-refractivity contribution in [3.63, 3.8) is 0 Å². The standard InChI is InChI=1S/C13H15BrN2O2S2/c1-9-3-4-10(7-13(9)20(17,18)15-2)16-8-12-11(14)5-6-19-12/h3-7,15-16H,8H2,1-2H3. The first-order valence-corrected chi connectivity index (χ1v) is 9.09. The van der Waals surface area contributed by atoms with E-state index in [1.54, 1.807) is 30.4 Å². The van der Waals surface area contributed by atoms with Crippen molar-refractivity contribution in [3.8, 4) is 0 Å². The molecule has 0 aliphatic rings. The Morgan fingerprint density at radius 2 is 2.05 bits per heavy atom. The summed E-state index contributed by atoms with van der Waals surface area (Å²) in [6, 6.07) is 7.33. The molecular weight excluding hydrogens is 360 g/mol. The molecule has 0 aliphatic heterocycles. The van der Waals surface area contributed by atoms with Gasteiger partial charge in [-0.25, -0.2) is 13.1 Å². The highest BCUT2D eigenvalue weighted by atomic mass is 79.9. The van der Waals surface area contributed by atoms with E-state index < -0.39 is 10.0 Å². The monoisotopic (exact) mass is 374 g/mol. The molecule has 0 fully saturated rings. The number of aryl methyl sites for hydroxylation is 1. The molecule has 20 heavy (non-hydrogen) atoms. The van der Waals surface area contributed by atoms with Gasteiger partial charge in [0.1, 0.15) is 0 Å². The van der Waals surface area contributed by atoms with Gasteiger partial charge in [-0.2, -0.15) is 0 Å². The summed E-state index contributed by atoms with van der Waals surface area (Å²) in [5.41, 5.74) is 1.51. The SMILES string of the molecule is CNS(=O)(=O)c1cc(NCc2sccc2Br)ccc1C. The zero-order chi connectivity index (χ0) is 14.8. The Morgan fingerprint density at radius 1 is 1.30 bits per heavy atom. The van der Waals surface area contributed by atoms with Crippen molar-refractivity contribution in [2.75, 3.05) is 12.4 Å². The van der Waals surface area contributed by atoms with Crippen LogP contribution in [0.15, 0.2) is 39.0 Å². The lowest BCUT2D eigenvalue weighted by Crippen LogP contribution is -2.19. The lowest BCUT2D eigenvalue weighted by molar-refractivity contribution is 0.587. The number of sulfonamides is 1. The summed E-state index contributed by atoms with van der Waals surface area (Å²) < 4.78 is 27.2. The first-order chi connectivity index (χ1) is 9.44.